The Kier molecular flexibility index (Phi) is 2.23. The molecule has 3 atom stereocenters. The Balaban J connectivity index is 1.74. The van der Waals surface area contributed by atoms with Gasteiger partial charge in [-0.3, -0.25) is 4.57 Å². The van der Waals surface area contributed by atoms with Gasteiger partial charge in [0.15, 0.2) is 8.46 Å². The van der Waals surface area contributed by atoms with Crippen molar-refractivity contribution in [2.24, 2.45) is 10.8 Å². The predicted octanol–water partition coefficient (Wildman–Crippen LogP) is 3.10. The maximum Gasteiger partial charge on any atom is 0.196 e. The van der Waals surface area contributed by atoms with Gasteiger partial charge in [-0.2, -0.15) is 0 Å². The minimum absolute atomic E-state index is 0.0995. The van der Waals surface area contributed by atoms with Gasteiger partial charge in [-0.1, -0.05) is 13.0 Å². The van der Waals surface area contributed by atoms with Crippen LogP contribution < -0.4 is 15.4 Å². The fourth-order valence-electron chi connectivity index (χ4n) is 7.33. The van der Waals surface area contributed by atoms with Crippen LogP contribution >= 0.6 is 8.46 Å². The van der Waals surface area contributed by atoms with E-state index in [1.807, 2.05) is 6.07 Å². The molecule has 0 amide bonds. The molecule has 1 aromatic carbocycles. The normalized spacial score (nSPS) is 48.2. The molecule has 3 saturated carbocycles. The van der Waals surface area contributed by atoms with Crippen molar-refractivity contribution in [3.8, 4) is 5.75 Å². The first-order valence-corrected chi connectivity index (χ1v) is 9.86. The maximum absolute atomic E-state index is 11.7. The number of nitrogens with one attached hydrogen (secondary N) is 1. The summed E-state index contributed by atoms with van der Waals surface area (Å²) in [5.74, 6) is 0.990. The van der Waals surface area contributed by atoms with Gasteiger partial charge in [0.2, 0.25) is 0 Å². The molecule has 0 aromatic heterocycles. The van der Waals surface area contributed by atoms with E-state index in [1.165, 1.54) is 43.2 Å². The zero-order valence-corrected chi connectivity index (χ0v) is 14.4. The molecule has 1 saturated heterocycles. The van der Waals surface area contributed by atoms with Gasteiger partial charge in [-0.15, -0.1) is 0 Å². The topological polar surface area (TPSA) is 38.3 Å². The van der Waals surface area contributed by atoms with E-state index in [0.29, 0.717) is 17.6 Å². The average molecular weight is 327 g/mol. The summed E-state index contributed by atoms with van der Waals surface area (Å²) in [5.41, 5.74) is 3.75. The highest BCUT2D eigenvalue weighted by atomic mass is 31.1. The van der Waals surface area contributed by atoms with Crippen LogP contribution in [-0.2, 0) is 16.4 Å². The van der Waals surface area contributed by atoms with Crippen LogP contribution in [0.15, 0.2) is 12.1 Å². The summed E-state index contributed by atoms with van der Waals surface area (Å²) in [4.78, 5) is 0. The van der Waals surface area contributed by atoms with E-state index in [2.05, 4.69) is 18.3 Å². The Hall–Kier alpha value is -0.920. The summed E-state index contributed by atoms with van der Waals surface area (Å²) < 4.78 is 18.4. The molecule has 0 unspecified atom stereocenters. The van der Waals surface area contributed by atoms with Crippen molar-refractivity contribution in [2.45, 2.75) is 63.0 Å². The first-order chi connectivity index (χ1) is 11.1. The Morgan fingerprint density at radius 1 is 1.22 bits per heavy atom. The quantitative estimate of drug-likeness (QED) is 0.806. The van der Waals surface area contributed by atoms with Crippen molar-refractivity contribution in [1.82, 2.24) is 5.32 Å². The second kappa shape index (κ2) is 3.83. The predicted molar refractivity (Wildman–Crippen MR) is 88.9 cm³/mol. The highest BCUT2D eigenvalue weighted by Gasteiger charge is 2.76. The van der Waals surface area contributed by atoms with Crippen molar-refractivity contribution < 1.29 is 9.30 Å². The molecule has 2 spiro atoms. The van der Waals surface area contributed by atoms with E-state index >= 15 is 0 Å². The number of hydrogen-bond acceptors (Lipinski definition) is 3. The van der Waals surface area contributed by atoms with E-state index in [9.17, 15) is 4.57 Å². The number of ether oxygens (including phenoxy) is 1. The van der Waals surface area contributed by atoms with Gasteiger partial charge in [0.05, 0.1) is 5.30 Å². The number of benzene rings is 1. The van der Waals surface area contributed by atoms with Crippen LogP contribution in [0.25, 0.3) is 0 Å². The van der Waals surface area contributed by atoms with Gasteiger partial charge in [-0.05, 0) is 62.1 Å². The Morgan fingerprint density at radius 2 is 2.04 bits per heavy atom. The van der Waals surface area contributed by atoms with Crippen LogP contribution in [0.3, 0.4) is 0 Å². The molecule has 0 radical (unpaired) electrons. The molecule has 120 valence electrons. The molecule has 2 aliphatic heterocycles. The lowest BCUT2D eigenvalue weighted by atomic mass is 9.35. The van der Waals surface area contributed by atoms with E-state index < -0.39 is 0 Å². The fraction of sp³-hybridized carbons (Fsp3) is 0.684. The smallest absolute Gasteiger partial charge is 0.196 e. The number of fused-ring (bicyclic) bond motifs is 2. The van der Waals surface area contributed by atoms with Crippen molar-refractivity contribution >= 4 is 13.8 Å². The van der Waals surface area contributed by atoms with Gasteiger partial charge in [0.1, 0.15) is 11.9 Å². The molecule has 4 aliphatic carbocycles. The largest absolute Gasteiger partial charge is 0.487 e. The molecule has 6 aliphatic rings. The highest BCUT2D eigenvalue weighted by Crippen LogP contribution is 2.75. The molecule has 2 heterocycles. The Labute approximate surface area is 138 Å². The number of piperidine rings is 1. The molecule has 4 fully saturated rings. The van der Waals surface area contributed by atoms with Crippen LogP contribution in [0.5, 0.6) is 5.75 Å². The van der Waals surface area contributed by atoms with E-state index in [-0.39, 0.29) is 19.3 Å². The van der Waals surface area contributed by atoms with Crippen molar-refractivity contribution in [3.63, 3.8) is 0 Å². The highest BCUT2D eigenvalue weighted by molar-refractivity contribution is 7.34. The monoisotopic (exact) mass is 327 g/mol. The molecular formula is C19H22NO2P. The number of rotatable bonds is 1. The van der Waals surface area contributed by atoms with E-state index in [0.717, 1.165) is 24.0 Å². The van der Waals surface area contributed by atoms with Gasteiger partial charge >= 0.3 is 0 Å². The summed E-state index contributed by atoms with van der Waals surface area (Å²) in [6.45, 7) is 3.54. The van der Waals surface area contributed by atoms with Gasteiger partial charge in [-0.25, -0.2) is 0 Å². The zero-order valence-electron chi connectivity index (χ0n) is 13.5. The van der Waals surface area contributed by atoms with E-state index in [1.54, 1.807) is 0 Å². The molecule has 1 N–H and O–H groups in total. The average Bonchev–Trinajstić information content (AvgIpc) is 2.92. The summed E-state index contributed by atoms with van der Waals surface area (Å²) in [5, 5.41) is 4.73. The van der Waals surface area contributed by atoms with Crippen LogP contribution in [-0.4, -0.2) is 18.7 Å². The lowest BCUT2D eigenvalue weighted by Crippen LogP contribution is -2.75. The van der Waals surface area contributed by atoms with E-state index in [4.69, 9.17) is 4.74 Å². The summed E-state index contributed by atoms with van der Waals surface area (Å²) >= 11 is 0. The second-order valence-electron chi connectivity index (χ2n) is 8.78. The third kappa shape index (κ3) is 1.20. The summed E-state index contributed by atoms with van der Waals surface area (Å²) in [6.07, 6.45) is 7.82. The Morgan fingerprint density at radius 3 is 2.83 bits per heavy atom. The molecule has 7 rings (SSSR count). The zero-order chi connectivity index (χ0) is 15.4. The molecule has 23 heavy (non-hydrogen) atoms. The summed E-state index contributed by atoms with van der Waals surface area (Å²) in [7, 11) is 0.0995. The lowest BCUT2D eigenvalue weighted by molar-refractivity contribution is -0.182. The second-order valence-corrected chi connectivity index (χ2v) is 9.44. The van der Waals surface area contributed by atoms with Gasteiger partial charge in [0.25, 0.3) is 0 Å². The Bertz CT molecular complexity index is 752. The standard InChI is InChI=1S/C19H22NO2P/c1-17-4-6-18(7-5-17)13-10-11-2-3-12(23-21)15-14(11)19(18,8-9-20-13)16(17)22-15/h2-3,13,16,20H,4-10H2,1H3/t13-,16+,17?,18?,19+/m1/s1. The minimum atomic E-state index is 0.0995. The maximum atomic E-state index is 11.7. The molecule has 1 aromatic rings. The molecule has 3 nitrogen and oxygen atoms in total. The van der Waals surface area contributed by atoms with Crippen LogP contribution in [0.4, 0.5) is 0 Å². The summed E-state index contributed by atoms with van der Waals surface area (Å²) in [6, 6.07) is 4.85. The number of hydrogen-bond donors (Lipinski definition) is 1. The van der Waals surface area contributed by atoms with Crippen molar-refractivity contribution in [1.29, 1.82) is 0 Å². The first kappa shape index (κ1) is 13.4. The van der Waals surface area contributed by atoms with Crippen LogP contribution in [0.1, 0.15) is 50.2 Å². The molecular weight excluding hydrogens is 305 g/mol. The third-order valence-corrected chi connectivity index (χ3v) is 8.81. The van der Waals surface area contributed by atoms with Crippen molar-refractivity contribution in [3.05, 3.63) is 23.3 Å². The van der Waals surface area contributed by atoms with Gasteiger partial charge in [0, 0.05) is 22.4 Å². The lowest BCUT2D eigenvalue weighted by Gasteiger charge is -2.70. The third-order valence-electron chi connectivity index (χ3n) is 8.26. The molecule has 4 bridgehead atoms. The first-order valence-electron chi connectivity index (χ1n) is 9.04. The fourth-order valence-corrected chi connectivity index (χ4v) is 7.71. The van der Waals surface area contributed by atoms with Crippen molar-refractivity contribution in [2.75, 3.05) is 6.54 Å². The molecule has 4 heteroatoms. The SMILES string of the molecule is CC12CCC3(CC1)[C@H]1Cc4ccc(P=O)c5c4[C@@]3(CCN1)[C@H]2O5. The van der Waals surface area contributed by atoms with Crippen LogP contribution in [0, 0.1) is 10.8 Å². The van der Waals surface area contributed by atoms with Gasteiger partial charge < -0.3 is 10.1 Å². The van der Waals surface area contributed by atoms with Crippen LogP contribution in [0.2, 0.25) is 0 Å². The minimum Gasteiger partial charge on any atom is -0.487 e.